The van der Waals surface area contributed by atoms with Gasteiger partial charge in [0.25, 0.3) is 0 Å². The van der Waals surface area contributed by atoms with Crippen LogP contribution in [0.5, 0.6) is 0 Å². The second-order valence-corrected chi connectivity index (χ2v) is 2.31. The van der Waals surface area contributed by atoms with Gasteiger partial charge in [-0.15, -0.1) is 0 Å². The summed E-state index contributed by atoms with van der Waals surface area (Å²) in [5.74, 6) is 0. The summed E-state index contributed by atoms with van der Waals surface area (Å²) in [5, 5.41) is 8.90. The Morgan fingerprint density at radius 1 is 2.00 bits per heavy atom. The molecule has 0 aliphatic carbocycles. The number of nitrogens with two attached hydrogens (primary N) is 1. The highest BCUT2D eigenvalue weighted by atomic mass is 16.7. The molecule has 0 aromatic rings. The van der Waals surface area contributed by atoms with E-state index in [0.717, 1.165) is 0 Å². The first-order valence-corrected chi connectivity index (χ1v) is 2.47. The molecule has 0 bridgehead atoms. The van der Waals surface area contributed by atoms with Gasteiger partial charge in [0.2, 0.25) is 0 Å². The average molecular weight is 118 g/mol. The van der Waals surface area contributed by atoms with E-state index in [9.17, 15) is 0 Å². The fraction of sp³-hybridized carbons (Fsp3) is 1.00. The fourth-order valence-electron chi connectivity index (χ4n) is 0.490. The molecule has 0 aromatic heterocycles. The molecule has 4 heteroatoms. The molecule has 1 aliphatic heterocycles. The largest absolute Gasteiger partial charge is 0.374 e. The Morgan fingerprint density at radius 3 is 2.75 bits per heavy atom. The van der Waals surface area contributed by atoms with Crippen LogP contribution in [0.4, 0.5) is 0 Å². The third-order valence-electron chi connectivity index (χ3n) is 1.20. The minimum absolute atomic E-state index is 0.355. The zero-order valence-corrected chi connectivity index (χ0v) is 4.72. The molecular weight excluding hydrogens is 108 g/mol. The van der Waals surface area contributed by atoms with Crippen molar-refractivity contribution in [1.29, 1.82) is 0 Å². The van der Waals surface area contributed by atoms with Gasteiger partial charge >= 0.3 is 0 Å². The summed E-state index contributed by atoms with van der Waals surface area (Å²) in [4.78, 5) is 4.65. The van der Waals surface area contributed by atoms with E-state index in [1.54, 1.807) is 6.92 Å². The molecule has 4 N–H and O–H groups in total. The standard InChI is InChI=1S/C4H10N2O2/c1-4(5)2-8-6-3(4)7/h3,6-7H,2,5H2,1H3. The number of aliphatic hydroxyl groups excluding tert-OH is 1. The van der Waals surface area contributed by atoms with E-state index < -0.39 is 11.8 Å². The van der Waals surface area contributed by atoms with Gasteiger partial charge in [-0.1, -0.05) is 0 Å². The molecule has 0 spiro atoms. The van der Waals surface area contributed by atoms with E-state index in [-0.39, 0.29) is 0 Å². The average Bonchev–Trinajstić information content (AvgIpc) is 1.86. The summed E-state index contributed by atoms with van der Waals surface area (Å²) in [6.45, 7) is 2.08. The first-order valence-electron chi connectivity index (χ1n) is 2.47. The van der Waals surface area contributed by atoms with Gasteiger partial charge in [-0.05, 0) is 6.92 Å². The van der Waals surface area contributed by atoms with Crippen molar-refractivity contribution in [2.24, 2.45) is 5.73 Å². The first kappa shape index (κ1) is 5.97. The van der Waals surface area contributed by atoms with Crippen LogP contribution in [0.25, 0.3) is 0 Å². The van der Waals surface area contributed by atoms with Crippen molar-refractivity contribution in [3.05, 3.63) is 0 Å². The van der Waals surface area contributed by atoms with Gasteiger partial charge in [0.15, 0.2) is 0 Å². The molecule has 0 amide bonds. The lowest BCUT2D eigenvalue weighted by Crippen LogP contribution is -2.49. The van der Waals surface area contributed by atoms with Crippen molar-refractivity contribution in [1.82, 2.24) is 5.48 Å². The highest BCUT2D eigenvalue weighted by Gasteiger charge is 2.34. The van der Waals surface area contributed by atoms with Crippen LogP contribution in [0, 0.1) is 0 Å². The second-order valence-electron chi connectivity index (χ2n) is 2.31. The van der Waals surface area contributed by atoms with Crippen molar-refractivity contribution in [2.45, 2.75) is 18.7 Å². The lowest BCUT2D eigenvalue weighted by atomic mass is 10.1. The number of rotatable bonds is 0. The fourth-order valence-corrected chi connectivity index (χ4v) is 0.490. The number of hydrogen-bond acceptors (Lipinski definition) is 4. The van der Waals surface area contributed by atoms with Gasteiger partial charge in [0.1, 0.15) is 6.23 Å². The quantitative estimate of drug-likeness (QED) is 0.364. The molecule has 8 heavy (non-hydrogen) atoms. The van der Waals surface area contributed by atoms with Crippen molar-refractivity contribution >= 4 is 0 Å². The molecule has 1 fully saturated rings. The van der Waals surface area contributed by atoms with E-state index in [4.69, 9.17) is 10.8 Å². The molecule has 0 saturated carbocycles. The number of hydrogen-bond donors (Lipinski definition) is 3. The Balaban J connectivity index is 2.54. The molecule has 0 radical (unpaired) electrons. The zero-order chi connectivity index (χ0) is 6.20. The Kier molecular flexibility index (Phi) is 1.24. The SMILES string of the molecule is CC1(N)CONC1O. The van der Waals surface area contributed by atoms with Crippen LogP contribution in [-0.2, 0) is 4.84 Å². The number of aliphatic hydroxyl groups is 1. The van der Waals surface area contributed by atoms with Crippen molar-refractivity contribution in [3.8, 4) is 0 Å². The van der Waals surface area contributed by atoms with Crippen LogP contribution in [0.1, 0.15) is 6.92 Å². The van der Waals surface area contributed by atoms with Gasteiger partial charge in [-0.25, -0.2) is 0 Å². The van der Waals surface area contributed by atoms with E-state index in [0.29, 0.717) is 6.61 Å². The Morgan fingerprint density at radius 2 is 2.62 bits per heavy atom. The maximum absolute atomic E-state index is 8.90. The molecule has 1 aliphatic rings. The summed E-state index contributed by atoms with van der Waals surface area (Å²) in [6.07, 6.45) is -0.734. The van der Waals surface area contributed by atoms with Crippen LogP contribution in [-0.4, -0.2) is 23.5 Å². The third kappa shape index (κ3) is 0.830. The molecule has 1 rings (SSSR count). The highest BCUT2D eigenvalue weighted by Crippen LogP contribution is 2.09. The van der Waals surface area contributed by atoms with Gasteiger partial charge < -0.3 is 10.8 Å². The Labute approximate surface area is 47.6 Å². The topological polar surface area (TPSA) is 67.5 Å². The van der Waals surface area contributed by atoms with Crippen LogP contribution < -0.4 is 11.2 Å². The smallest absolute Gasteiger partial charge is 0.146 e. The maximum Gasteiger partial charge on any atom is 0.146 e. The lowest BCUT2D eigenvalue weighted by Gasteiger charge is -2.17. The monoisotopic (exact) mass is 118 g/mol. The van der Waals surface area contributed by atoms with E-state index in [2.05, 4.69) is 10.3 Å². The number of hydroxylamine groups is 1. The van der Waals surface area contributed by atoms with Crippen molar-refractivity contribution in [2.75, 3.05) is 6.61 Å². The Bertz CT molecular complexity index is 94.0. The minimum atomic E-state index is -0.734. The summed E-state index contributed by atoms with van der Waals surface area (Å²) in [5.41, 5.74) is 7.20. The lowest BCUT2D eigenvalue weighted by molar-refractivity contribution is 0.0207. The van der Waals surface area contributed by atoms with Gasteiger partial charge in [0, 0.05) is 0 Å². The number of nitrogens with one attached hydrogen (secondary N) is 1. The minimum Gasteiger partial charge on any atom is -0.374 e. The van der Waals surface area contributed by atoms with Gasteiger partial charge in [0.05, 0.1) is 12.1 Å². The van der Waals surface area contributed by atoms with E-state index >= 15 is 0 Å². The normalized spacial score (nSPS) is 47.6. The summed E-state index contributed by atoms with van der Waals surface area (Å²) in [7, 11) is 0. The predicted octanol–water partition coefficient (Wildman–Crippen LogP) is -1.44. The maximum atomic E-state index is 8.90. The summed E-state index contributed by atoms with van der Waals surface area (Å²) < 4.78 is 0. The molecule has 2 atom stereocenters. The molecular formula is C4H10N2O2. The van der Waals surface area contributed by atoms with Crippen LogP contribution in [0.15, 0.2) is 0 Å². The molecule has 1 saturated heterocycles. The predicted molar refractivity (Wildman–Crippen MR) is 27.7 cm³/mol. The van der Waals surface area contributed by atoms with Gasteiger partial charge in [-0.3, -0.25) is 4.84 Å². The zero-order valence-electron chi connectivity index (χ0n) is 4.72. The summed E-state index contributed by atoms with van der Waals surface area (Å²) >= 11 is 0. The van der Waals surface area contributed by atoms with E-state index in [1.807, 2.05) is 0 Å². The molecule has 48 valence electrons. The molecule has 1 heterocycles. The second kappa shape index (κ2) is 1.66. The molecule has 4 nitrogen and oxygen atoms in total. The Hall–Kier alpha value is -0.160. The highest BCUT2D eigenvalue weighted by molar-refractivity contribution is 4.86. The van der Waals surface area contributed by atoms with Crippen molar-refractivity contribution < 1.29 is 9.94 Å². The van der Waals surface area contributed by atoms with E-state index in [1.165, 1.54) is 0 Å². The van der Waals surface area contributed by atoms with Crippen LogP contribution in [0.3, 0.4) is 0 Å². The van der Waals surface area contributed by atoms with Gasteiger partial charge in [-0.2, -0.15) is 5.48 Å². The van der Waals surface area contributed by atoms with Crippen molar-refractivity contribution in [3.63, 3.8) is 0 Å². The molecule has 2 unspecified atom stereocenters. The van der Waals surface area contributed by atoms with Crippen LogP contribution >= 0.6 is 0 Å². The first-order chi connectivity index (χ1) is 3.63. The third-order valence-corrected chi connectivity index (χ3v) is 1.20. The summed E-state index contributed by atoms with van der Waals surface area (Å²) in [6, 6.07) is 0. The van der Waals surface area contributed by atoms with Crippen LogP contribution in [0.2, 0.25) is 0 Å². The molecule has 0 aromatic carbocycles.